The quantitative estimate of drug-likeness (QED) is 0.558. The van der Waals surface area contributed by atoms with Crippen LogP contribution in [0.25, 0.3) is 0 Å². The topological polar surface area (TPSA) is 110 Å². The second-order valence-corrected chi connectivity index (χ2v) is 5.80. The lowest BCUT2D eigenvalue weighted by atomic mass is 9.95. The largest absolute Gasteiger partial charge is 0.478 e. The van der Waals surface area contributed by atoms with Crippen molar-refractivity contribution in [3.8, 4) is 0 Å². The van der Waals surface area contributed by atoms with E-state index in [9.17, 15) is 14.4 Å². The minimum absolute atomic E-state index is 0.0773. The van der Waals surface area contributed by atoms with Gasteiger partial charge < -0.3 is 20.5 Å². The Morgan fingerprint density at radius 1 is 1.14 bits per heavy atom. The summed E-state index contributed by atoms with van der Waals surface area (Å²) in [5, 5.41) is 8.49. The van der Waals surface area contributed by atoms with Crippen LogP contribution >= 0.6 is 0 Å². The molecule has 1 aliphatic heterocycles. The number of nitrogens with zero attached hydrogens (tertiary/aromatic N) is 1. The van der Waals surface area contributed by atoms with Gasteiger partial charge in [-0.05, 0) is 32.1 Å². The van der Waals surface area contributed by atoms with E-state index in [1.54, 1.807) is 4.90 Å². The van der Waals surface area contributed by atoms with Gasteiger partial charge in [0.15, 0.2) is 0 Å². The van der Waals surface area contributed by atoms with Crippen molar-refractivity contribution < 1.29 is 24.2 Å². The Kier molecular flexibility index (Phi) is 5.54. The number of aliphatic carboxylic acids is 1. The van der Waals surface area contributed by atoms with E-state index >= 15 is 0 Å². The second-order valence-electron chi connectivity index (χ2n) is 5.80. The van der Waals surface area contributed by atoms with Crippen molar-refractivity contribution in [3.05, 3.63) is 12.2 Å². The summed E-state index contributed by atoms with van der Waals surface area (Å²) in [6.07, 6.45) is 5.43. The van der Waals surface area contributed by atoms with Crippen LogP contribution in [-0.4, -0.2) is 53.1 Å². The van der Waals surface area contributed by atoms with Gasteiger partial charge in [0.1, 0.15) is 6.10 Å². The predicted molar refractivity (Wildman–Crippen MR) is 77.8 cm³/mol. The summed E-state index contributed by atoms with van der Waals surface area (Å²) in [4.78, 5) is 36.1. The van der Waals surface area contributed by atoms with Crippen molar-refractivity contribution in [1.29, 1.82) is 0 Å². The van der Waals surface area contributed by atoms with Crippen molar-refractivity contribution in [2.45, 2.75) is 44.2 Å². The van der Waals surface area contributed by atoms with Crippen LogP contribution in [0.5, 0.6) is 0 Å². The minimum atomic E-state index is -1.21. The molecule has 1 saturated heterocycles. The van der Waals surface area contributed by atoms with Crippen molar-refractivity contribution in [3.63, 3.8) is 0 Å². The maximum absolute atomic E-state index is 12.3. The summed E-state index contributed by atoms with van der Waals surface area (Å²) in [7, 11) is 0. The van der Waals surface area contributed by atoms with E-state index < -0.39 is 24.1 Å². The highest BCUT2D eigenvalue weighted by Gasteiger charge is 2.39. The lowest BCUT2D eigenvalue weighted by Gasteiger charge is -2.28. The number of esters is 1. The van der Waals surface area contributed by atoms with E-state index in [1.807, 2.05) is 0 Å². The number of amides is 1. The Morgan fingerprint density at radius 3 is 2.45 bits per heavy atom. The zero-order valence-corrected chi connectivity index (χ0v) is 12.4. The molecule has 1 heterocycles. The molecular weight excluding hydrogens is 288 g/mol. The molecule has 7 heteroatoms. The highest BCUT2D eigenvalue weighted by atomic mass is 16.5. The molecule has 1 saturated carbocycles. The van der Waals surface area contributed by atoms with Crippen LogP contribution in [0.15, 0.2) is 12.2 Å². The summed E-state index contributed by atoms with van der Waals surface area (Å²) in [5.74, 6) is -2.19. The van der Waals surface area contributed by atoms with Crippen LogP contribution in [0.1, 0.15) is 32.1 Å². The zero-order valence-electron chi connectivity index (χ0n) is 12.4. The fraction of sp³-hybridized carbons (Fsp3) is 0.667. The van der Waals surface area contributed by atoms with Gasteiger partial charge in [-0.3, -0.25) is 4.79 Å². The van der Waals surface area contributed by atoms with Crippen LogP contribution in [0.2, 0.25) is 0 Å². The predicted octanol–water partition coefficient (Wildman–Crippen LogP) is 0.289. The number of carboxylic acid groups (broad SMARTS) is 1. The number of ether oxygens (including phenoxy) is 1. The molecule has 0 bridgehead atoms. The van der Waals surface area contributed by atoms with Gasteiger partial charge in [0.05, 0.1) is 6.04 Å². The molecule has 0 aromatic heterocycles. The number of hydrogen-bond acceptors (Lipinski definition) is 5. The molecule has 7 nitrogen and oxygen atoms in total. The Morgan fingerprint density at radius 2 is 1.82 bits per heavy atom. The average molecular weight is 310 g/mol. The SMILES string of the molecule is N[C@H](C(=O)N1CCCC1)[C@@H]1CCC[C@H]1OC(=O)C=CC(=O)O. The van der Waals surface area contributed by atoms with E-state index in [2.05, 4.69) is 0 Å². The van der Waals surface area contributed by atoms with Gasteiger partial charge in [0.2, 0.25) is 5.91 Å². The first-order valence-corrected chi connectivity index (χ1v) is 7.65. The standard InChI is InChI=1S/C15H22N2O5/c16-14(15(21)17-8-1-2-9-17)10-4-3-5-11(10)22-13(20)7-6-12(18)19/h6-7,10-11,14H,1-5,8-9,16H2,(H,18,19)/t10-,11-,14+/m1/s1. The van der Waals surface area contributed by atoms with Crippen LogP contribution in [0.4, 0.5) is 0 Å². The monoisotopic (exact) mass is 310 g/mol. The fourth-order valence-electron chi connectivity index (χ4n) is 3.17. The maximum atomic E-state index is 12.3. The number of carbonyl (C=O) groups excluding carboxylic acids is 2. The van der Waals surface area contributed by atoms with Gasteiger partial charge in [-0.2, -0.15) is 0 Å². The van der Waals surface area contributed by atoms with Crippen molar-refractivity contribution >= 4 is 17.8 Å². The van der Waals surface area contributed by atoms with Crippen LogP contribution in [0, 0.1) is 5.92 Å². The smallest absolute Gasteiger partial charge is 0.331 e. The third-order valence-corrected chi connectivity index (χ3v) is 4.30. The molecule has 122 valence electrons. The lowest BCUT2D eigenvalue weighted by Crippen LogP contribution is -2.49. The van der Waals surface area contributed by atoms with Crippen molar-refractivity contribution in [2.75, 3.05) is 13.1 Å². The summed E-state index contributed by atoms with van der Waals surface area (Å²) >= 11 is 0. The van der Waals surface area contributed by atoms with Gasteiger partial charge in [-0.15, -0.1) is 0 Å². The van der Waals surface area contributed by atoms with E-state index in [4.69, 9.17) is 15.6 Å². The Balaban J connectivity index is 1.93. The molecule has 0 spiro atoms. The molecule has 1 amide bonds. The van der Waals surface area contributed by atoms with E-state index in [0.717, 1.165) is 50.9 Å². The third kappa shape index (κ3) is 4.07. The lowest BCUT2D eigenvalue weighted by molar-refractivity contribution is -0.147. The van der Waals surface area contributed by atoms with Crippen molar-refractivity contribution in [1.82, 2.24) is 4.90 Å². The molecule has 0 aromatic rings. The number of hydrogen-bond donors (Lipinski definition) is 2. The third-order valence-electron chi connectivity index (χ3n) is 4.30. The molecule has 0 unspecified atom stereocenters. The number of likely N-dealkylation sites (tertiary alicyclic amines) is 1. The Labute approximate surface area is 129 Å². The molecule has 22 heavy (non-hydrogen) atoms. The van der Waals surface area contributed by atoms with Crippen LogP contribution in [-0.2, 0) is 19.1 Å². The van der Waals surface area contributed by atoms with Gasteiger partial charge in [-0.1, -0.05) is 0 Å². The van der Waals surface area contributed by atoms with E-state index in [1.165, 1.54) is 0 Å². The zero-order chi connectivity index (χ0) is 16.1. The Hall–Kier alpha value is -1.89. The Bertz CT molecular complexity index is 471. The molecule has 2 rings (SSSR count). The van der Waals surface area contributed by atoms with E-state index in [0.29, 0.717) is 6.42 Å². The van der Waals surface area contributed by atoms with E-state index in [-0.39, 0.29) is 11.8 Å². The summed E-state index contributed by atoms with van der Waals surface area (Å²) < 4.78 is 5.27. The average Bonchev–Trinajstić information content (AvgIpc) is 3.15. The van der Waals surface area contributed by atoms with Crippen LogP contribution < -0.4 is 5.73 Å². The number of carbonyl (C=O) groups is 3. The second kappa shape index (κ2) is 7.40. The highest BCUT2D eigenvalue weighted by Crippen LogP contribution is 2.31. The molecule has 2 fully saturated rings. The molecule has 2 aliphatic rings. The fourth-order valence-corrected chi connectivity index (χ4v) is 3.17. The van der Waals surface area contributed by atoms with Gasteiger partial charge >= 0.3 is 11.9 Å². The molecule has 0 aromatic carbocycles. The summed E-state index contributed by atoms with van der Waals surface area (Å²) in [6.45, 7) is 1.48. The van der Waals surface area contributed by atoms with Crippen LogP contribution in [0.3, 0.4) is 0 Å². The number of carboxylic acids is 1. The minimum Gasteiger partial charge on any atom is -0.478 e. The van der Waals surface area contributed by atoms with Crippen molar-refractivity contribution in [2.24, 2.45) is 11.7 Å². The first-order chi connectivity index (χ1) is 10.5. The summed E-state index contributed by atoms with van der Waals surface area (Å²) in [5.41, 5.74) is 6.10. The summed E-state index contributed by atoms with van der Waals surface area (Å²) in [6, 6.07) is -0.665. The molecular formula is C15H22N2O5. The van der Waals surface area contributed by atoms with Gasteiger partial charge in [0, 0.05) is 31.2 Å². The molecule has 3 N–H and O–H groups in total. The highest BCUT2D eigenvalue weighted by molar-refractivity contribution is 5.90. The number of rotatable bonds is 5. The molecule has 0 radical (unpaired) electrons. The first kappa shape index (κ1) is 16.5. The van der Waals surface area contributed by atoms with Gasteiger partial charge in [0.25, 0.3) is 0 Å². The first-order valence-electron chi connectivity index (χ1n) is 7.65. The number of nitrogens with two attached hydrogens (primary N) is 1. The molecule has 1 aliphatic carbocycles. The molecule has 3 atom stereocenters. The maximum Gasteiger partial charge on any atom is 0.331 e. The normalized spacial score (nSPS) is 26.3. The van der Waals surface area contributed by atoms with Gasteiger partial charge in [-0.25, -0.2) is 9.59 Å².